The zero-order valence-electron chi connectivity index (χ0n) is 20.2. The lowest BCUT2D eigenvalue weighted by molar-refractivity contribution is 0.0951. The number of nitrogens with one attached hydrogen (secondary N) is 1. The van der Waals surface area contributed by atoms with Gasteiger partial charge in [-0.05, 0) is 55.5 Å². The Bertz CT molecular complexity index is 1110. The molecule has 1 aromatic carbocycles. The van der Waals surface area contributed by atoms with Gasteiger partial charge in [0, 0.05) is 37.6 Å². The zero-order valence-corrected chi connectivity index (χ0v) is 21.0. The molecule has 1 amide bonds. The van der Waals surface area contributed by atoms with Crippen LogP contribution in [0.4, 0.5) is 0 Å². The number of methoxy groups -OCH3 is 2. The van der Waals surface area contributed by atoms with Gasteiger partial charge in [-0.3, -0.25) is 9.48 Å². The molecule has 2 atom stereocenters. The molecule has 8 heteroatoms. The van der Waals surface area contributed by atoms with Gasteiger partial charge in [-0.15, -0.1) is 11.3 Å². The van der Waals surface area contributed by atoms with Crippen LogP contribution in [0.15, 0.2) is 24.3 Å². The van der Waals surface area contributed by atoms with Crippen molar-refractivity contribution in [2.24, 2.45) is 18.9 Å². The van der Waals surface area contributed by atoms with Gasteiger partial charge in [-0.2, -0.15) is 5.10 Å². The maximum atomic E-state index is 12.8. The molecule has 4 rings (SSSR count). The summed E-state index contributed by atoms with van der Waals surface area (Å²) in [5, 5.41) is 8.76. The van der Waals surface area contributed by atoms with E-state index in [0.717, 1.165) is 46.3 Å². The molecule has 0 aliphatic carbocycles. The van der Waals surface area contributed by atoms with Crippen molar-refractivity contribution >= 4 is 27.5 Å². The minimum Gasteiger partial charge on any atom is -0.493 e. The quantitative estimate of drug-likeness (QED) is 0.494. The van der Waals surface area contributed by atoms with E-state index in [9.17, 15) is 4.79 Å². The van der Waals surface area contributed by atoms with Crippen molar-refractivity contribution in [3.63, 3.8) is 0 Å². The molecule has 3 aromatic rings. The van der Waals surface area contributed by atoms with Crippen molar-refractivity contribution in [2.75, 3.05) is 40.4 Å². The van der Waals surface area contributed by atoms with Crippen LogP contribution >= 0.6 is 11.3 Å². The van der Waals surface area contributed by atoms with Crippen molar-refractivity contribution in [2.45, 2.75) is 26.7 Å². The average Bonchev–Trinajstić information content (AvgIpc) is 3.36. The average molecular weight is 471 g/mol. The van der Waals surface area contributed by atoms with Gasteiger partial charge in [0.15, 0.2) is 11.5 Å². The Kier molecular flexibility index (Phi) is 7.24. The van der Waals surface area contributed by atoms with E-state index in [1.54, 1.807) is 14.2 Å². The molecule has 1 N–H and O–H groups in total. The maximum absolute atomic E-state index is 12.8. The van der Waals surface area contributed by atoms with E-state index in [4.69, 9.17) is 9.47 Å². The maximum Gasteiger partial charge on any atom is 0.261 e. The third kappa shape index (κ3) is 5.17. The third-order valence-corrected chi connectivity index (χ3v) is 7.47. The van der Waals surface area contributed by atoms with E-state index >= 15 is 0 Å². The SMILES string of the molecule is COc1ccc(-c2nn(C)c3sc(C(=O)NCCCN4CC(C)CC(C)C4)cc23)cc1OC. The summed E-state index contributed by atoms with van der Waals surface area (Å²) in [5.41, 5.74) is 1.75. The Morgan fingerprint density at radius 3 is 2.58 bits per heavy atom. The van der Waals surface area contributed by atoms with E-state index in [1.807, 2.05) is 36.0 Å². The van der Waals surface area contributed by atoms with Gasteiger partial charge >= 0.3 is 0 Å². The van der Waals surface area contributed by atoms with Gasteiger partial charge in [-0.1, -0.05) is 13.8 Å². The molecule has 1 aliphatic rings. The molecule has 2 unspecified atom stereocenters. The number of carbonyl (C=O) groups is 1. The summed E-state index contributed by atoms with van der Waals surface area (Å²) in [6.07, 6.45) is 2.29. The van der Waals surface area contributed by atoms with Crippen LogP contribution in [0.25, 0.3) is 21.5 Å². The number of hydrogen-bond donors (Lipinski definition) is 1. The van der Waals surface area contributed by atoms with Gasteiger partial charge in [0.2, 0.25) is 0 Å². The number of thiophene rings is 1. The summed E-state index contributed by atoms with van der Waals surface area (Å²) in [6.45, 7) is 8.72. The second kappa shape index (κ2) is 10.1. The topological polar surface area (TPSA) is 68.6 Å². The largest absolute Gasteiger partial charge is 0.493 e. The molecule has 1 fully saturated rings. The van der Waals surface area contributed by atoms with Crippen molar-refractivity contribution in [3.8, 4) is 22.8 Å². The van der Waals surface area contributed by atoms with E-state index in [1.165, 1.54) is 30.8 Å². The Morgan fingerprint density at radius 2 is 1.88 bits per heavy atom. The molecule has 2 aromatic heterocycles. The van der Waals surface area contributed by atoms with Crippen molar-refractivity contribution in [1.29, 1.82) is 0 Å². The van der Waals surface area contributed by atoms with Crippen molar-refractivity contribution in [1.82, 2.24) is 20.0 Å². The molecule has 1 aliphatic heterocycles. The third-order valence-electron chi connectivity index (χ3n) is 6.27. The lowest BCUT2D eigenvalue weighted by Gasteiger charge is -2.34. The highest BCUT2D eigenvalue weighted by Crippen LogP contribution is 2.37. The number of benzene rings is 1. The first-order valence-electron chi connectivity index (χ1n) is 11.6. The van der Waals surface area contributed by atoms with Crippen LogP contribution < -0.4 is 14.8 Å². The monoisotopic (exact) mass is 470 g/mol. The molecule has 33 heavy (non-hydrogen) atoms. The first kappa shape index (κ1) is 23.6. The first-order valence-corrected chi connectivity index (χ1v) is 12.4. The van der Waals surface area contributed by atoms with Crippen LogP contribution in [0.3, 0.4) is 0 Å². The molecular weight excluding hydrogens is 436 g/mol. The molecule has 0 bridgehead atoms. The normalized spacial score (nSPS) is 19.1. The number of rotatable bonds is 8. The van der Waals surface area contributed by atoms with Gasteiger partial charge in [-0.25, -0.2) is 0 Å². The number of nitrogens with zero attached hydrogens (tertiary/aromatic N) is 3. The molecule has 7 nitrogen and oxygen atoms in total. The fourth-order valence-corrected chi connectivity index (χ4v) is 5.90. The number of hydrogen-bond acceptors (Lipinski definition) is 6. The molecular formula is C25H34N4O3S. The number of carbonyl (C=O) groups excluding carboxylic acids is 1. The van der Waals surface area contributed by atoms with Gasteiger partial charge < -0.3 is 19.7 Å². The summed E-state index contributed by atoms with van der Waals surface area (Å²) >= 11 is 1.47. The molecule has 0 saturated carbocycles. The Labute approximate surface area is 199 Å². The second-order valence-electron chi connectivity index (χ2n) is 9.19. The van der Waals surface area contributed by atoms with E-state index in [0.29, 0.717) is 22.9 Å². The number of ether oxygens (including phenoxy) is 2. The Hall–Kier alpha value is -2.58. The summed E-state index contributed by atoms with van der Waals surface area (Å²) in [6, 6.07) is 7.70. The van der Waals surface area contributed by atoms with Crippen LogP contribution in [0.5, 0.6) is 11.5 Å². The second-order valence-corrected chi connectivity index (χ2v) is 10.2. The van der Waals surface area contributed by atoms with E-state index in [-0.39, 0.29) is 5.91 Å². The lowest BCUT2D eigenvalue weighted by atomic mass is 9.92. The van der Waals surface area contributed by atoms with E-state index in [2.05, 4.69) is 29.2 Å². The fourth-order valence-electron chi connectivity index (χ4n) is 4.92. The Morgan fingerprint density at radius 1 is 1.15 bits per heavy atom. The number of likely N-dealkylation sites (tertiary alicyclic amines) is 1. The number of piperidine rings is 1. The van der Waals surface area contributed by atoms with Crippen LogP contribution in [0, 0.1) is 11.8 Å². The van der Waals surface area contributed by atoms with Crippen LogP contribution in [0.2, 0.25) is 0 Å². The van der Waals surface area contributed by atoms with Crippen LogP contribution in [-0.2, 0) is 7.05 Å². The highest BCUT2D eigenvalue weighted by atomic mass is 32.1. The fraction of sp³-hybridized carbons (Fsp3) is 0.520. The lowest BCUT2D eigenvalue weighted by Crippen LogP contribution is -2.40. The van der Waals surface area contributed by atoms with E-state index < -0.39 is 0 Å². The molecule has 0 spiro atoms. The van der Waals surface area contributed by atoms with Gasteiger partial charge in [0.1, 0.15) is 10.5 Å². The highest BCUT2D eigenvalue weighted by molar-refractivity contribution is 7.20. The minimum absolute atomic E-state index is 0.0187. The Balaban J connectivity index is 1.42. The number of aromatic nitrogens is 2. The summed E-state index contributed by atoms with van der Waals surface area (Å²) in [4.78, 5) is 17.0. The predicted molar refractivity (Wildman–Crippen MR) is 133 cm³/mol. The number of aryl methyl sites for hydroxylation is 1. The number of amides is 1. The van der Waals surface area contributed by atoms with Crippen LogP contribution in [-0.4, -0.2) is 61.0 Å². The zero-order chi connectivity index (χ0) is 23.5. The van der Waals surface area contributed by atoms with Crippen molar-refractivity contribution in [3.05, 3.63) is 29.1 Å². The summed E-state index contributed by atoms with van der Waals surface area (Å²) in [7, 11) is 5.15. The predicted octanol–water partition coefficient (Wildman–Crippen LogP) is 4.42. The van der Waals surface area contributed by atoms with Crippen molar-refractivity contribution < 1.29 is 14.3 Å². The molecule has 178 valence electrons. The smallest absolute Gasteiger partial charge is 0.261 e. The number of fused-ring (bicyclic) bond motifs is 1. The summed E-state index contributed by atoms with van der Waals surface area (Å²) < 4.78 is 12.6. The van der Waals surface area contributed by atoms with Gasteiger partial charge in [0.05, 0.1) is 19.1 Å². The van der Waals surface area contributed by atoms with Crippen LogP contribution in [0.1, 0.15) is 36.4 Å². The first-order chi connectivity index (χ1) is 15.9. The minimum atomic E-state index is -0.0187. The summed E-state index contributed by atoms with van der Waals surface area (Å²) in [5.74, 6) is 2.83. The standard InChI is InChI=1S/C25H34N4O3S/c1-16-11-17(2)15-29(14-16)10-6-9-26-24(30)22-13-19-23(27-28(3)25(19)33-22)18-7-8-20(31-4)21(12-18)32-5/h7-8,12-13,16-17H,6,9-11,14-15H2,1-5H3,(H,26,30). The molecule has 0 radical (unpaired) electrons. The highest BCUT2D eigenvalue weighted by Gasteiger charge is 2.22. The van der Waals surface area contributed by atoms with Gasteiger partial charge in [0.25, 0.3) is 5.91 Å². The molecule has 3 heterocycles. The molecule has 1 saturated heterocycles.